The van der Waals surface area contributed by atoms with Gasteiger partial charge in [0.1, 0.15) is 68.0 Å². The molecule has 0 spiro atoms. The average Bonchev–Trinajstić information content (AvgIpc) is 1.67. The number of halogens is 1. The highest BCUT2D eigenvalue weighted by Gasteiger charge is 2.54. The number of Topliss-reactive ketones (excluding diaryl/α,β-unsaturated/α-hetero) is 1. The number of methoxy groups -OCH3 is 5. The third kappa shape index (κ3) is 29.4. The van der Waals surface area contributed by atoms with E-state index >= 15 is 0 Å². The maximum atomic E-state index is 14.7. The predicted octanol–water partition coefficient (Wildman–Crippen LogP) is 7.95. The third-order valence-corrected chi connectivity index (χ3v) is 31.0. The standard InChI is InChI=1S/C103H127IN10O32S3/c1-14-114(102(130)139-49-58-37-39-59(40-38-58)109-92(121)68(34-27-44-106-99(105)127)110-94(123)80(52(2)3)111-93(122)67(108-57(8)115)33-24-26-43-107-100(128)138-50-65-62-30-20-18-28-60(62)61-29-19-21-31-63(61)65)69-51-137-75(47-73(69)132-9)144-89-84(119)81(113-146-76-46-70(116)91(56(7)140-76)148-96(126)77-53(4)79(104)87(90(135-12)86(77)133-10)145-97-85(120)88(134-11)83(118)55(6)142-97)54(5)141-98(89)143-72-35-17-15-16-25-42-103(131)48-71(117)82(112-101(129)136-13)78(72)66(103)41-45-147-149-74-36-23-22-32-64(74)95(124)125/h15-16,18-23,28-32,36-41,52,54-56,65,67-70,72-73,75-76,80-81,83-85,88-89,91,97-98,113,116,118-120,131H,14,24,26-27,33-34,43-51H2,1-13H3,(H,107,128)(H,108,115)(H,109,121)(H,110,123)(H,111,122)(H,112,129)(H,124,125)(H3,105,106,127)/b16-15?,66-41+/t54-,55+,56-,67-,68-,69+,70+,72+,73+,75+,76+,80-,81-,83+,84+,85-,88-,89-,91-,97+,98+,103+/m1/s1. The number of carboxylic acid groups (broad SMARTS) is 1. The minimum atomic E-state index is -2.31. The van der Waals surface area contributed by atoms with Gasteiger partial charge in [-0.1, -0.05) is 150 Å². The number of thioether (sulfide) groups is 1. The Labute approximate surface area is 887 Å². The van der Waals surface area contributed by atoms with Gasteiger partial charge in [0.05, 0.1) is 103 Å². The number of nitrogens with zero attached hydrogens (tertiary/aromatic N) is 1. The Morgan fingerprint density at radius 2 is 1.37 bits per heavy atom. The fraction of sp³-hybridized carbons (Fsp3) is 0.505. The number of fused-ring (bicyclic) bond motifs is 5. The molecule has 9 amide bonds. The molecule has 5 aromatic rings. The topological polar surface area (TPSA) is 573 Å². The van der Waals surface area contributed by atoms with Gasteiger partial charge in [0.25, 0.3) is 0 Å². The van der Waals surface area contributed by atoms with Gasteiger partial charge in [0.2, 0.25) is 40.8 Å². The minimum absolute atomic E-state index is 0.00391. The number of carbonyl (C=O) groups excluding carboxylic acids is 10. The van der Waals surface area contributed by atoms with E-state index in [2.05, 4.69) is 66.4 Å². The van der Waals surface area contributed by atoms with Crippen LogP contribution in [0.3, 0.4) is 0 Å². The molecule has 0 saturated carbocycles. The van der Waals surface area contributed by atoms with Crippen LogP contribution in [0.2, 0.25) is 0 Å². The molecule has 4 saturated heterocycles. The largest absolute Gasteiger partial charge is 0.492 e. The summed E-state index contributed by atoms with van der Waals surface area (Å²) in [5.74, 6) is 6.05. The van der Waals surface area contributed by atoms with Crippen LogP contribution in [-0.4, -0.2) is 308 Å². The smallest absolute Gasteiger partial charge is 0.411 e. The summed E-state index contributed by atoms with van der Waals surface area (Å²) in [4.78, 5) is 157. The van der Waals surface area contributed by atoms with E-state index in [0.717, 1.165) is 62.7 Å². The lowest BCUT2D eigenvalue weighted by molar-refractivity contribution is -0.337. The van der Waals surface area contributed by atoms with Gasteiger partial charge in [-0.3, -0.25) is 38.9 Å². The van der Waals surface area contributed by atoms with Crippen LogP contribution in [0, 0.1) is 40.1 Å². The molecule has 4 fully saturated rings. The number of primary amides is 1. The monoisotopic (exact) mass is 2240 g/mol. The molecule has 5 aromatic carbocycles. The molecule has 4 heterocycles. The van der Waals surface area contributed by atoms with E-state index in [4.69, 9.17) is 76.9 Å². The second kappa shape index (κ2) is 54.7. The number of ketones is 1. The summed E-state index contributed by atoms with van der Waals surface area (Å²) >= 11 is 2.72. The number of unbranched alkanes of at least 4 members (excludes halogenated alkanes) is 1. The second-order valence-corrected chi connectivity index (χ2v) is 41.0. The number of carboxylic acids is 1. The Balaban J connectivity index is 0.713. The zero-order valence-electron chi connectivity index (χ0n) is 84.3. The quantitative estimate of drug-likeness (QED) is 0.00439. The molecular formula is C103H127IN10O32S3. The molecule has 22 atom stereocenters. The van der Waals surface area contributed by atoms with Gasteiger partial charge in [-0.25, -0.2) is 24.0 Å². The number of urea groups is 1. The third-order valence-electron chi connectivity index (χ3n) is 26.1. The van der Waals surface area contributed by atoms with E-state index in [9.17, 15) is 83.4 Å². The Morgan fingerprint density at radius 1 is 0.698 bits per heavy atom. The molecular weight excluding hydrogens is 2110 g/mol. The number of hydrogen-bond donors (Lipinski definition) is 15. The number of aliphatic hydroxyl groups is 5. The predicted molar refractivity (Wildman–Crippen MR) is 552 cm³/mol. The van der Waals surface area contributed by atoms with Crippen LogP contribution in [0.4, 0.5) is 24.9 Å². The number of amides is 9. The summed E-state index contributed by atoms with van der Waals surface area (Å²) in [6, 6.07) is 22.0. The summed E-state index contributed by atoms with van der Waals surface area (Å²) in [7, 11) is 8.71. The molecule has 149 heavy (non-hydrogen) atoms. The van der Waals surface area contributed by atoms with Gasteiger partial charge in [-0.05, 0) is 165 Å². The Morgan fingerprint density at radius 3 is 2.03 bits per heavy atom. The number of nitrogens with two attached hydrogens (primary N) is 1. The zero-order valence-corrected chi connectivity index (χ0v) is 88.9. The zero-order chi connectivity index (χ0) is 108. The van der Waals surface area contributed by atoms with E-state index in [-0.39, 0.29) is 128 Å². The first kappa shape index (κ1) is 116. The number of nitrogens with one attached hydrogen (secondary N) is 8. The Kier molecular flexibility index (Phi) is 42.7. The van der Waals surface area contributed by atoms with E-state index in [1.165, 1.54) is 64.6 Å². The molecule has 2 bridgehead atoms. The number of hydroxylamine groups is 1. The highest BCUT2D eigenvalue weighted by atomic mass is 127. The number of benzene rings is 5. The number of carbonyl (C=O) groups is 11. The Bertz CT molecular complexity index is 5810. The van der Waals surface area contributed by atoms with Crippen molar-refractivity contribution >= 4 is 126 Å². The second-order valence-electron chi connectivity index (χ2n) is 36.4. The average molecular weight is 2240 g/mol. The van der Waals surface area contributed by atoms with Crippen LogP contribution in [0.1, 0.15) is 149 Å². The Hall–Kier alpha value is -11.2. The van der Waals surface area contributed by atoms with Crippen LogP contribution in [0.25, 0.3) is 11.1 Å². The molecule has 4 aliphatic heterocycles. The van der Waals surface area contributed by atoms with Gasteiger partial charge in [0, 0.05) is 87.0 Å². The van der Waals surface area contributed by atoms with Crippen molar-refractivity contribution < 1.29 is 155 Å². The van der Waals surface area contributed by atoms with Crippen LogP contribution in [0.5, 0.6) is 17.2 Å². The molecule has 16 N–H and O–H groups in total. The number of aliphatic hydroxyl groups excluding tert-OH is 4. The molecule has 7 aliphatic rings. The van der Waals surface area contributed by atoms with Gasteiger partial charge >= 0.3 is 30.3 Å². The number of ether oxygens (including phenoxy) is 14. The van der Waals surface area contributed by atoms with Crippen molar-refractivity contribution in [2.24, 2.45) is 11.7 Å². The van der Waals surface area contributed by atoms with Crippen LogP contribution in [-0.2, 0) is 87.5 Å². The SMILES string of the molecule is CCN(C(=O)OCc1ccc(NC(=O)[C@@H](CCCNC(N)=O)NC(=O)[C@H](NC(=O)[C@@H](CCCCNC(=O)OCC2c3ccccc3-c3ccccc32)NC(C)=O)C(C)C)cc1)[C@H]1CO[C@@H](O[C@H]2[C@H](O[C@H]3C#CC=CC#C[C@]4(O)CC(=O)C(NC(=O)OC)=C3/C4=C\CSSc3ccccc3C(=O)O)O[C@H](C)[C@@H](NO[C@H]3C[C@H](O)[C@H](SC(=O)c4c(C)c(I)c(O[C@@H]5O[C@@H](C)[C@H](O)[C@@H](OC)[C@H]5O)c(OC)c4OC)[C@@H](C)O3)[C@@H]2O)C[C@@H]1OC. The number of hydrogen-bond acceptors (Lipinski definition) is 35. The number of likely N-dealkylation sites (N-methyl/N-ethyl adjacent to an activating group) is 1. The lowest BCUT2D eigenvalue weighted by Crippen LogP contribution is -2.65. The molecule has 3 aliphatic carbocycles. The number of allylic oxidation sites excluding steroid dienone is 3. The van der Waals surface area contributed by atoms with Gasteiger partial charge in [-0.15, -0.1) is 0 Å². The van der Waals surface area contributed by atoms with Crippen molar-refractivity contribution in [2.75, 3.05) is 79.5 Å². The fourth-order valence-corrected chi connectivity index (χ4v) is 22.2. The lowest BCUT2D eigenvalue weighted by atomic mass is 9.75. The molecule has 0 aromatic heterocycles. The highest BCUT2D eigenvalue weighted by molar-refractivity contribution is 14.1. The molecule has 0 radical (unpaired) electrons. The lowest BCUT2D eigenvalue weighted by Gasteiger charge is -2.47. The van der Waals surface area contributed by atoms with Crippen molar-refractivity contribution in [1.82, 2.24) is 42.3 Å². The number of rotatable bonds is 44. The molecule has 12 rings (SSSR count). The van der Waals surface area contributed by atoms with Crippen molar-refractivity contribution in [2.45, 2.75) is 258 Å². The number of alkyl carbamates (subject to hydrolysis) is 2. The van der Waals surface area contributed by atoms with Gasteiger partial charge < -0.3 is 139 Å². The molecule has 42 nitrogen and oxygen atoms in total. The minimum Gasteiger partial charge on any atom is -0.492 e. The summed E-state index contributed by atoms with van der Waals surface area (Å²) in [6.07, 6.45) is -18.3. The molecule has 806 valence electrons. The number of anilines is 1. The van der Waals surface area contributed by atoms with Crippen LogP contribution in [0.15, 0.2) is 137 Å². The van der Waals surface area contributed by atoms with E-state index < -0.39 is 216 Å². The van der Waals surface area contributed by atoms with E-state index in [1.54, 1.807) is 90.9 Å². The van der Waals surface area contributed by atoms with Crippen molar-refractivity contribution in [1.29, 1.82) is 0 Å². The maximum Gasteiger partial charge on any atom is 0.411 e. The number of aromatic carboxylic acids is 1. The molecule has 0 unspecified atom stereocenters. The van der Waals surface area contributed by atoms with E-state index in [1.807, 2.05) is 71.1 Å². The first-order chi connectivity index (χ1) is 71.3. The van der Waals surface area contributed by atoms with Gasteiger partial charge in [-0.2, -0.15) is 5.48 Å². The fourth-order valence-electron chi connectivity index (χ4n) is 18.4. The molecule has 46 heteroatoms. The van der Waals surface area contributed by atoms with Crippen molar-refractivity contribution in [3.63, 3.8) is 0 Å². The summed E-state index contributed by atoms with van der Waals surface area (Å²) in [5.41, 5.74) is 10.7. The van der Waals surface area contributed by atoms with Crippen molar-refractivity contribution in [3.8, 4) is 52.1 Å². The van der Waals surface area contributed by atoms with Crippen LogP contribution >= 0.6 is 55.9 Å². The highest BCUT2D eigenvalue weighted by Crippen LogP contribution is 2.51. The summed E-state index contributed by atoms with van der Waals surface area (Å²) < 4.78 is 85.5. The first-order valence-electron chi connectivity index (χ1n) is 48.4. The summed E-state index contributed by atoms with van der Waals surface area (Å²) in [6.45, 7) is 12.5. The van der Waals surface area contributed by atoms with Crippen LogP contribution < -0.4 is 62.6 Å². The summed E-state index contributed by atoms with van der Waals surface area (Å²) in [5, 5.41) is 87.0. The maximum absolute atomic E-state index is 14.7. The van der Waals surface area contributed by atoms with Crippen molar-refractivity contribution in [3.05, 3.63) is 169 Å². The first-order valence-corrected chi connectivity index (χ1v) is 52.7. The van der Waals surface area contributed by atoms with Gasteiger partial charge in [0.15, 0.2) is 41.8 Å². The normalized spacial score (nSPS) is 25.7. The van der Waals surface area contributed by atoms with E-state index in [0.29, 0.717) is 32.4 Å².